The number of carbonyl (C=O) groups excluding carboxylic acids is 1. The maximum atomic E-state index is 11.5. The number of aldehydes is 1. The molecule has 0 unspecified atom stereocenters. The topological polar surface area (TPSA) is 57.0 Å². The molecule has 1 aromatic carbocycles. The number of hydrogen-bond donors (Lipinski definition) is 0. The fourth-order valence-corrected chi connectivity index (χ4v) is 2.94. The summed E-state index contributed by atoms with van der Waals surface area (Å²) in [6.07, 6.45) is 4.40. The highest BCUT2D eigenvalue weighted by atomic mass is 16.5. The largest absolute Gasteiger partial charge is 0.488 e. The lowest BCUT2D eigenvalue weighted by atomic mass is 10.0. The van der Waals surface area contributed by atoms with Gasteiger partial charge in [-0.15, -0.1) is 0 Å². The van der Waals surface area contributed by atoms with Crippen molar-refractivity contribution in [3.8, 4) is 17.1 Å². The van der Waals surface area contributed by atoms with Gasteiger partial charge in [0.2, 0.25) is 0 Å². The van der Waals surface area contributed by atoms with E-state index in [1.807, 2.05) is 48.9 Å². The first-order valence-electron chi connectivity index (χ1n) is 8.69. The second-order valence-corrected chi connectivity index (χ2v) is 6.59. The van der Waals surface area contributed by atoms with Gasteiger partial charge in [0.05, 0.1) is 17.0 Å². The number of aryl methyl sites for hydroxylation is 1. The molecule has 134 valence electrons. The van der Waals surface area contributed by atoms with Gasteiger partial charge < -0.3 is 4.74 Å². The van der Waals surface area contributed by atoms with E-state index in [1.54, 1.807) is 12.4 Å². The Hall–Kier alpha value is -2.95. The van der Waals surface area contributed by atoms with Crippen LogP contribution in [0.15, 0.2) is 42.7 Å². The molecule has 0 aliphatic heterocycles. The molecule has 3 rings (SSSR count). The van der Waals surface area contributed by atoms with E-state index in [2.05, 4.69) is 23.9 Å². The van der Waals surface area contributed by atoms with Crippen molar-refractivity contribution in [2.75, 3.05) is 0 Å². The highest BCUT2D eigenvalue weighted by Crippen LogP contribution is 2.27. The quantitative estimate of drug-likeness (QED) is 0.613. The first-order chi connectivity index (χ1) is 12.5. The molecule has 26 heavy (non-hydrogen) atoms. The van der Waals surface area contributed by atoms with E-state index in [9.17, 15) is 4.79 Å². The summed E-state index contributed by atoms with van der Waals surface area (Å²) in [5.74, 6) is 0.593. The fourth-order valence-electron chi connectivity index (χ4n) is 2.94. The maximum Gasteiger partial charge on any atom is 0.154 e. The first-order valence-corrected chi connectivity index (χ1v) is 8.69. The van der Waals surface area contributed by atoms with Crippen molar-refractivity contribution in [3.05, 3.63) is 65.0 Å². The van der Waals surface area contributed by atoms with Crippen LogP contribution in [0.25, 0.3) is 11.4 Å². The Bertz CT molecular complexity index is 929. The average Bonchev–Trinajstić information content (AvgIpc) is 3.13. The average molecular weight is 349 g/mol. The zero-order valence-electron chi connectivity index (χ0n) is 15.6. The SMILES string of the molecule is Cc1ccc(OCc2cccnc2-c2ccnn2C(C)C)c(C=O)c1C. The molecule has 0 N–H and O–H groups in total. The van der Waals surface area contributed by atoms with Crippen LogP contribution in [0.3, 0.4) is 0 Å². The molecule has 2 heterocycles. The Balaban J connectivity index is 1.92. The standard InChI is InChI=1S/C21H23N3O2/c1-14(2)24-19(9-11-23-24)21-17(6-5-10-22-21)13-26-20-8-7-15(3)16(4)18(20)12-25/h5-12,14H,13H2,1-4H3. The molecule has 0 radical (unpaired) electrons. The van der Waals surface area contributed by atoms with Crippen molar-refractivity contribution in [1.29, 1.82) is 0 Å². The smallest absolute Gasteiger partial charge is 0.154 e. The second kappa shape index (κ2) is 7.52. The highest BCUT2D eigenvalue weighted by molar-refractivity contribution is 5.82. The number of nitrogens with zero attached hydrogens (tertiary/aromatic N) is 3. The molecule has 5 nitrogen and oxygen atoms in total. The highest BCUT2D eigenvalue weighted by Gasteiger charge is 2.15. The van der Waals surface area contributed by atoms with Crippen LogP contribution >= 0.6 is 0 Å². The molecule has 2 aromatic heterocycles. The molecule has 0 spiro atoms. The number of aromatic nitrogens is 3. The Morgan fingerprint density at radius 3 is 2.69 bits per heavy atom. The van der Waals surface area contributed by atoms with Crippen LogP contribution in [0.4, 0.5) is 0 Å². The van der Waals surface area contributed by atoms with E-state index in [0.717, 1.165) is 34.4 Å². The van der Waals surface area contributed by atoms with Gasteiger partial charge in [0.25, 0.3) is 0 Å². The lowest BCUT2D eigenvalue weighted by Gasteiger charge is -2.15. The normalized spacial score (nSPS) is 11.0. The summed E-state index contributed by atoms with van der Waals surface area (Å²) >= 11 is 0. The fraction of sp³-hybridized carbons (Fsp3) is 0.286. The summed E-state index contributed by atoms with van der Waals surface area (Å²) in [5, 5.41) is 4.39. The molecule has 0 amide bonds. The van der Waals surface area contributed by atoms with Gasteiger partial charge in [-0.2, -0.15) is 5.10 Å². The Labute approximate surface area is 153 Å². The minimum absolute atomic E-state index is 0.234. The van der Waals surface area contributed by atoms with E-state index >= 15 is 0 Å². The van der Waals surface area contributed by atoms with Crippen LogP contribution in [0, 0.1) is 13.8 Å². The lowest BCUT2D eigenvalue weighted by Crippen LogP contribution is -2.08. The van der Waals surface area contributed by atoms with E-state index in [4.69, 9.17) is 4.74 Å². The second-order valence-electron chi connectivity index (χ2n) is 6.59. The van der Waals surface area contributed by atoms with Gasteiger partial charge in [-0.3, -0.25) is 14.5 Å². The van der Waals surface area contributed by atoms with Crippen molar-refractivity contribution in [2.24, 2.45) is 0 Å². The molecule has 0 aliphatic carbocycles. The summed E-state index contributed by atoms with van der Waals surface area (Å²) in [6, 6.07) is 9.88. The lowest BCUT2D eigenvalue weighted by molar-refractivity contribution is 0.111. The summed E-state index contributed by atoms with van der Waals surface area (Å²) in [4.78, 5) is 16.0. The van der Waals surface area contributed by atoms with Gasteiger partial charge in [0.1, 0.15) is 12.4 Å². The maximum absolute atomic E-state index is 11.5. The van der Waals surface area contributed by atoms with Crippen molar-refractivity contribution in [3.63, 3.8) is 0 Å². The van der Waals surface area contributed by atoms with Crippen molar-refractivity contribution < 1.29 is 9.53 Å². The molecule has 3 aromatic rings. The minimum atomic E-state index is 0.234. The summed E-state index contributed by atoms with van der Waals surface area (Å²) in [6.45, 7) is 8.42. The molecule has 0 aliphatic rings. The minimum Gasteiger partial charge on any atom is -0.488 e. The van der Waals surface area contributed by atoms with E-state index < -0.39 is 0 Å². The van der Waals surface area contributed by atoms with Gasteiger partial charge in [-0.1, -0.05) is 12.1 Å². The predicted octanol–water partition coefficient (Wildman–Crippen LogP) is 4.53. The third-order valence-corrected chi connectivity index (χ3v) is 4.54. The predicted molar refractivity (Wildman–Crippen MR) is 101 cm³/mol. The molecule has 0 saturated heterocycles. The van der Waals surface area contributed by atoms with Crippen LogP contribution in [0.5, 0.6) is 5.75 Å². The first kappa shape index (κ1) is 17.9. The van der Waals surface area contributed by atoms with Crippen molar-refractivity contribution >= 4 is 6.29 Å². The van der Waals surface area contributed by atoms with Crippen LogP contribution in [0.1, 0.15) is 46.9 Å². The van der Waals surface area contributed by atoms with Crippen molar-refractivity contribution in [2.45, 2.75) is 40.3 Å². The Kier molecular flexibility index (Phi) is 5.16. The van der Waals surface area contributed by atoms with Crippen molar-refractivity contribution in [1.82, 2.24) is 14.8 Å². The zero-order chi connectivity index (χ0) is 18.7. The zero-order valence-corrected chi connectivity index (χ0v) is 15.6. The van der Waals surface area contributed by atoms with Gasteiger partial charge in [0, 0.05) is 24.0 Å². The molecular formula is C21H23N3O2. The number of benzene rings is 1. The Morgan fingerprint density at radius 1 is 1.15 bits per heavy atom. The molecule has 0 bridgehead atoms. The third kappa shape index (κ3) is 3.38. The van der Waals surface area contributed by atoms with Crippen LogP contribution in [-0.4, -0.2) is 21.1 Å². The molecular weight excluding hydrogens is 326 g/mol. The van der Waals surface area contributed by atoms with Crippen LogP contribution < -0.4 is 4.74 Å². The number of ether oxygens (including phenoxy) is 1. The van der Waals surface area contributed by atoms with E-state index in [-0.39, 0.29) is 6.04 Å². The van der Waals surface area contributed by atoms with Crippen LogP contribution in [-0.2, 0) is 6.61 Å². The summed E-state index contributed by atoms with van der Waals surface area (Å²) in [7, 11) is 0. The van der Waals surface area contributed by atoms with Gasteiger partial charge in [-0.25, -0.2) is 0 Å². The number of carbonyl (C=O) groups is 1. The van der Waals surface area contributed by atoms with E-state index in [1.165, 1.54) is 0 Å². The van der Waals surface area contributed by atoms with Gasteiger partial charge in [0.15, 0.2) is 6.29 Å². The summed E-state index contributed by atoms with van der Waals surface area (Å²) in [5.41, 5.74) is 5.36. The molecule has 5 heteroatoms. The van der Waals surface area contributed by atoms with Crippen LogP contribution in [0.2, 0.25) is 0 Å². The monoisotopic (exact) mass is 349 g/mol. The molecule has 0 fully saturated rings. The third-order valence-electron chi connectivity index (χ3n) is 4.54. The van der Waals surface area contributed by atoms with E-state index in [0.29, 0.717) is 17.9 Å². The molecule has 0 atom stereocenters. The van der Waals surface area contributed by atoms with Gasteiger partial charge in [-0.05, 0) is 57.0 Å². The number of pyridine rings is 1. The summed E-state index contributed by atoms with van der Waals surface area (Å²) < 4.78 is 7.93. The number of rotatable bonds is 6. The van der Waals surface area contributed by atoms with Gasteiger partial charge >= 0.3 is 0 Å². The Morgan fingerprint density at radius 2 is 1.96 bits per heavy atom. The molecule has 0 saturated carbocycles. The number of hydrogen-bond acceptors (Lipinski definition) is 4.